The molecular formula is C21H21N5O2. The summed E-state index contributed by atoms with van der Waals surface area (Å²) in [4.78, 5) is 32.6. The summed E-state index contributed by atoms with van der Waals surface area (Å²) in [6, 6.07) is 13.5. The van der Waals surface area contributed by atoms with Gasteiger partial charge >= 0.3 is 0 Å². The molecule has 3 heterocycles. The van der Waals surface area contributed by atoms with Crippen molar-refractivity contribution < 1.29 is 9.59 Å². The first kappa shape index (κ1) is 17.9. The van der Waals surface area contributed by atoms with Gasteiger partial charge in [0.1, 0.15) is 12.2 Å². The second-order valence-corrected chi connectivity index (χ2v) is 6.93. The van der Waals surface area contributed by atoms with Gasteiger partial charge in [0.05, 0.1) is 5.69 Å². The van der Waals surface area contributed by atoms with Gasteiger partial charge in [-0.3, -0.25) is 19.7 Å². The summed E-state index contributed by atoms with van der Waals surface area (Å²) < 4.78 is 0. The Balaban J connectivity index is 1.40. The smallest absolute Gasteiger partial charge is 0.272 e. The van der Waals surface area contributed by atoms with Crippen molar-refractivity contribution in [1.29, 1.82) is 0 Å². The molecule has 7 nitrogen and oxygen atoms in total. The summed E-state index contributed by atoms with van der Waals surface area (Å²) in [5.41, 5.74) is 4.22. The predicted octanol–water partition coefficient (Wildman–Crippen LogP) is 2.26. The summed E-state index contributed by atoms with van der Waals surface area (Å²) >= 11 is 0. The summed E-state index contributed by atoms with van der Waals surface area (Å²) in [6.07, 6.45) is 3.36. The fourth-order valence-electron chi connectivity index (χ4n) is 3.24. The van der Waals surface area contributed by atoms with E-state index in [4.69, 9.17) is 0 Å². The van der Waals surface area contributed by atoms with Crippen LogP contribution in [0.2, 0.25) is 0 Å². The molecule has 142 valence electrons. The number of rotatable bonds is 4. The number of carbonyl (C=O) groups is 2. The Labute approximate surface area is 163 Å². The molecule has 4 rings (SSSR count). The van der Waals surface area contributed by atoms with E-state index >= 15 is 0 Å². The van der Waals surface area contributed by atoms with Gasteiger partial charge in [-0.15, -0.1) is 0 Å². The molecule has 0 bridgehead atoms. The number of aryl methyl sites for hydroxylation is 1. The number of nitrogens with one attached hydrogen (secondary N) is 1. The van der Waals surface area contributed by atoms with E-state index < -0.39 is 0 Å². The molecule has 2 amide bonds. The third-order valence-electron chi connectivity index (χ3n) is 4.88. The number of H-pyrrole nitrogens is 1. The number of hydrogen-bond acceptors (Lipinski definition) is 4. The molecule has 2 aromatic heterocycles. The third-order valence-corrected chi connectivity index (χ3v) is 4.88. The second-order valence-electron chi connectivity index (χ2n) is 6.93. The lowest BCUT2D eigenvalue weighted by atomic mass is 10.1. The maximum atomic E-state index is 12.8. The van der Waals surface area contributed by atoms with Crippen LogP contribution in [0, 0.1) is 6.92 Å². The van der Waals surface area contributed by atoms with E-state index in [0.717, 1.165) is 11.1 Å². The Morgan fingerprint density at radius 1 is 1.11 bits per heavy atom. The minimum atomic E-state index is -0.212. The van der Waals surface area contributed by atoms with E-state index in [9.17, 15) is 9.59 Å². The predicted molar refractivity (Wildman–Crippen MR) is 104 cm³/mol. The first-order chi connectivity index (χ1) is 13.6. The Morgan fingerprint density at radius 3 is 2.57 bits per heavy atom. The fraction of sp³-hybridized carbons (Fsp3) is 0.238. The van der Waals surface area contributed by atoms with Crippen LogP contribution in [0.15, 0.2) is 54.9 Å². The average molecular weight is 375 g/mol. The van der Waals surface area contributed by atoms with Gasteiger partial charge in [-0.05, 0) is 30.7 Å². The minimum absolute atomic E-state index is 0.0472. The molecule has 0 aliphatic carbocycles. The topological polar surface area (TPSA) is 82.2 Å². The quantitative estimate of drug-likeness (QED) is 0.758. The fourth-order valence-corrected chi connectivity index (χ4v) is 3.24. The van der Waals surface area contributed by atoms with Gasteiger partial charge in [-0.2, -0.15) is 5.10 Å². The van der Waals surface area contributed by atoms with Crippen molar-refractivity contribution in [2.45, 2.75) is 13.5 Å². The van der Waals surface area contributed by atoms with E-state index in [1.54, 1.807) is 28.3 Å². The Kier molecular flexibility index (Phi) is 4.89. The minimum Gasteiger partial charge on any atom is -0.335 e. The number of aromatic nitrogens is 3. The summed E-state index contributed by atoms with van der Waals surface area (Å²) in [5.74, 6) is -0.259. The van der Waals surface area contributed by atoms with E-state index in [0.29, 0.717) is 31.0 Å². The molecule has 0 atom stereocenters. The van der Waals surface area contributed by atoms with Crippen molar-refractivity contribution in [3.05, 3.63) is 71.7 Å². The summed E-state index contributed by atoms with van der Waals surface area (Å²) in [7, 11) is 0. The van der Waals surface area contributed by atoms with Gasteiger partial charge in [0.15, 0.2) is 0 Å². The first-order valence-corrected chi connectivity index (χ1v) is 9.18. The van der Waals surface area contributed by atoms with Crippen molar-refractivity contribution in [1.82, 2.24) is 25.0 Å². The van der Waals surface area contributed by atoms with Crippen LogP contribution in [0.25, 0.3) is 11.3 Å². The number of carbonyl (C=O) groups excluding carboxylic acids is 2. The molecule has 3 aromatic rings. The number of hydrogen-bond donors (Lipinski definition) is 1. The van der Waals surface area contributed by atoms with Crippen molar-refractivity contribution in [2.24, 2.45) is 0 Å². The maximum Gasteiger partial charge on any atom is 0.272 e. The normalized spacial score (nSPS) is 14.4. The van der Waals surface area contributed by atoms with Crippen LogP contribution in [0.3, 0.4) is 0 Å². The molecule has 1 N–H and O–H groups in total. The SMILES string of the molecule is Cc1ccc(CN2CCN(C(=O)c3cc(-c4ccncc4)n[nH]3)CC2=O)cc1. The molecule has 28 heavy (non-hydrogen) atoms. The monoisotopic (exact) mass is 375 g/mol. The number of pyridine rings is 1. The van der Waals surface area contributed by atoms with Crippen LogP contribution in [0.1, 0.15) is 21.6 Å². The highest BCUT2D eigenvalue weighted by Gasteiger charge is 2.28. The number of aromatic amines is 1. The first-order valence-electron chi connectivity index (χ1n) is 9.18. The molecule has 1 saturated heterocycles. The highest BCUT2D eigenvalue weighted by Crippen LogP contribution is 2.18. The number of piperazine rings is 1. The zero-order valence-electron chi connectivity index (χ0n) is 15.6. The van der Waals surface area contributed by atoms with Crippen LogP contribution < -0.4 is 0 Å². The Morgan fingerprint density at radius 2 is 1.86 bits per heavy atom. The lowest BCUT2D eigenvalue weighted by Gasteiger charge is -2.34. The Hall–Kier alpha value is -3.48. The highest BCUT2D eigenvalue weighted by atomic mass is 16.2. The van der Waals surface area contributed by atoms with Crippen LogP contribution in [0.5, 0.6) is 0 Å². The zero-order chi connectivity index (χ0) is 19.5. The molecule has 0 radical (unpaired) electrons. The van der Waals surface area contributed by atoms with Gasteiger partial charge in [-0.25, -0.2) is 0 Å². The molecule has 1 aliphatic rings. The maximum absolute atomic E-state index is 12.8. The number of amides is 2. The molecule has 1 fully saturated rings. The molecule has 7 heteroatoms. The van der Waals surface area contributed by atoms with Crippen LogP contribution in [-0.4, -0.2) is 56.4 Å². The van der Waals surface area contributed by atoms with Gasteiger partial charge in [0.25, 0.3) is 5.91 Å². The van der Waals surface area contributed by atoms with Gasteiger partial charge in [0.2, 0.25) is 5.91 Å². The standard InChI is InChI=1S/C21H21N5O2/c1-15-2-4-16(5-3-15)13-25-10-11-26(14-20(25)27)21(28)19-12-18(23-24-19)17-6-8-22-9-7-17/h2-9,12H,10-11,13-14H2,1H3,(H,23,24). The van der Waals surface area contributed by atoms with Crippen LogP contribution >= 0.6 is 0 Å². The molecule has 1 aliphatic heterocycles. The number of benzene rings is 1. The lowest BCUT2D eigenvalue weighted by molar-refractivity contribution is -0.135. The van der Waals surface area contributed by atoms with Gasteiger partial charge in [-0.1, -0.05) is 29.8 Å². The van der Waals surface area contributed by atoms with E-state index in [2.05, 4.69) is 15.2 Å². The Bertz CT molecular complexity index is 982. The van der Waals surface area contributed by atoms with E-state index in [1.165, 1.54) is 5.56 Å². The van der Waals surface area contributed by atoms with Gasteiger partial charge in [0, 0.05) is 37.6 Å². The largest absolute Gasteiger partial charge is 0.335 e. The molecule has 1 aromatic carbocycles. The van der Waals surface area contributed by atoms with Crippen molar-refractivity contribution in [3.63, 3.8) is 0 Å². The molecule has 0 spiro atoms. The average Bonchev–Trinajstić information content (AvgIpc) is 3.21. The summed E-state index contributed by atoms with van der Waals surface area (Å²) in [6.45, 7) is 3.70. The van der Waals surface area contributed by atoms with Crippen molar-refractivity contribution >= 4 is 11.8 Å². The van der Waals surface area contributed by atoms with Crippen molar-refractivity contribution in [2.75, 3.05) is 19.6 Å². The third kappa shape index (κ3) is 3.78. The lowest BCUT2D eigenvalue weighted by Crippen LogP contribution is -2.51. The van der Waals surface area contributed by atoms with Crippen LogP contribution in [0.4, 0.5) is 0 Å². The van der Waals surface area contributed by atoms with E-state index in [-0.39, 0.29) is 18.4 Å². The number of nitrogens with zero attached hydrogens (tertiary/aromatic N) is 4. The van der Waals surface area contributed by atoms with Gasteiger partial charge < -0.3 is 9.80 Å². The van der Waals surface area contributed by atoms with Crippen molar-refractivity contribution in [3.8, 4) is 11.3 Å². The molecule has 0 saturated carbocycles. The molecule has 0 unspecified atom stereocenters. The summed E-state index contributed by atoms with van der Waals surface area (Å²) in [5, 5.41) is 6.99. The zero-order valence-corrected chi connectivity index (χ0v) is 15.6. The second kappa shape index (κ2) is 7.64. The van der Waals surface area contributed by atoms with E-state index in [1.807, 2.05) is 43.3 Å². The molecular weight excluding hydrogens is 354 g/mol. The van der Waals surface area contributed by atoms with Crippen LogP contribution in [-0.2, 0) is 11.3 Å². The highest BCUT2D eigenvalue weighted by molar-refractivity contribution is 5.96.